The minimum atomic E-state index is -3.52. The quantitative estimate of drug-likeness (QED) is 0.742. The molecule has 0 saturated carbocycles. The molecule has 1 heterocycles. The summed E-state index contributed by atoms with van der Waals surface area (Å²) in [5.74, 6) is -0.421. The summed E-state index contributed by atoms with van der Waals surface area (Å²) in [5.41, 5.74) is 1.14. The van der Waals surface area contributed by atoms with Crippen LogP contribution in [0.1, 0.15) is 5.56 Å². The topological polar surface area (TPSA) is 57.7 Å². The van der Waals surface area contributed by atoms with Gasteiger partial charge in [-0.3, -0.25) is 9.69 Å². The average Bonchev–Trinajstić information content (AvgIpc) is 2.59. The molecule has 0 unspecified atom stereocenters. The van der Waals surface area contributed by atoms with Crippen molar-refractivity contribution in [1.29, 1.82) is 0 Å². The van der Waals surface area contributed by atoms with Gasteiger partial charge in [-0.25, -0.2) is 8.42 Å². The summed E-state index contributed by atoms with van der Waals surface area (Å²) in [6.07, 6.45) is 0. The summed E-state index contributed by atoms with van der Waals surface area (Å²) in [6, 6.07) is 16.4. The minimum Gasteiger partial charge on any atom is -0.325 e. The summed E-state index contributed by atoms with van der Waals surface area (Å²) in [6.45, 7) is 2.02. The predicted octanol–water partition coefficient (Wildman–Crippen LogP) is 2.52. The van der Waals surface area contributed by atoms with E-state index in [0.717, 1.165) is 10.0 Å². The van der Waals surface area contributed by atoms with Crippen LogP contribution in [0.4, 0.5) is 0 Å². The smallest absolute Gasteiger partial charge is 0.237 e. The highest BCUT2D eigenvalue weighted by molar-refractivity contribution is 9.10. The van der Waals surface area contributed by atoms with Gasteiger partial charge in [-0.05, 0) is 29.8 Å². The van der Waals surface area contributed by atoms with Crippen molar-refractivity contribution in [3.05, 3.63) is 64.6 Å². The van der Waals surface area contributed by atoms with Crippen molar-refractivity contribution in [1.82, 2.24) is 9.80 Å². The third-order valence-electron chi connectivity index (χ3n) is 4.15. The summed E-state index contributed by atoms with van der Waals surface area (Å²) >= 11 is 3.29. The summed E-state index contributed by atoms with van der Waals surface area (Å²) in [4.78, 5) is 16.1. The minimum absolute atomic E-state index is 0.150. The fourth-order valence-corrected chi connectivity index (χ4v) is 4.44. The van der Waals surface area contributed by atoms with Crippen LogP contribution in [0.15, 0.2) is 64.0 Å². The molecule has 0 spiro atoms. The molecular formula is C18H19BrN2O3S. The van der Waals surface area contributed by atoms with Gasteiger partial charge in [-0.2, -0.15) is 0 Å². The first-order valence-corrected chi connectivity index (χ1v) is 10.4. The average molecular weight is 423 g/mol. The SMILES string of the molecule is O=C1CN(Cc2ccccc2)CCN1CS(=O)(=O)c1ccc(Br)cc1. The molecule has 7 heteroatoms. The van der Waals surface area contributed by atoms with Crippen molar-refractivity contribution in [2.75, 3.05) is 25.5 Å². The maximum Gasteiger partial charge on any atom is 0.237 e. The Hall–Kier alpha value is -1.70. The van der Waals surface area contributed by atoms with Crippen LogP contribution in [-0.4, -0.2) is 49.6 Å². The molecule has 1 fully saturated rings. The standard InChI is InChI=1S/C18H19BrN2O3S/c19-16-6-8-17(9-7-16)25(23,24)14-21-11-10-20(13-18(21)22)12-15-4-2-1-3-5-15/h1-9H,10-14H2. The normalized spacial score (nSPS) is 16.2. The Bertz CT molecular complexity index is 838. The first kappa shape index (κ1) is 18.1. The van der Waals surface area contributed by atoms with Crippen LogP contribution >= 0.6 is 15.9 Å². The number of sulfone groups is 1. The second-order valence-corrected chi connectivity index (χ2v) is 8.93. The van der Waals surface area contributed by atoms with Gasteiger partial charge in [-0.15, -0.1) is 0 Å². The van der Waals surface area contributed by atoms with E-state index in [0.29, 0.717) is 19.6 Å². The van der Waals surface area contributed by atoms with Gasteiger partial charge in [0.15, 0.2) is 9.84 Å². The molecule has 0 bridgehead atoms. The lowest BCUT2D eigenvalue weighted by Crippen LogP contribution is -2.51. The van der Waals surface area contributed by atoms with E-state index < -0.39 is 9.84 Å². The van der Waals surface area contributed by atoms with Gasteiger partial charge in [0.1, 0.15) is 5.88 Å². The molecule has 2 aromatic rings. The lowest BCUT2D eigenvalue weighted by Gasteiger charge is -2.34. The van der Waals surface area contributed by atoms with Crippen LogP contribution in [0, 0.1) is 0 Å². The highest BCUT2D eigenvalue weighted by atomic mass is 79.9. The van der Waals surface area contributed by atoms with E-state index in [4.69, 9.17) is 0 Å². The van der Waals surface area contributed by atoms with E-state index in [-0.39, 0.29) is 23.2 Å². The Labute approximate surface area is 156 Å². The van der Waals surface area contributed by atoms with Crippen molar-refractivity contribution >= 4 is 31.7 Å². The van der Waals surface area contributed by atoms with Crippen molar-refractivity contribution in [3.8, 4) is 0 Å². The van der Waals surface area contributed by atoms with Gasteiger partial charge in [0.25, 0.3) is 0 Å². The lowest BCUT2D eigenvalue weighted by molar-refractivity contribution is -0.135. The summed E-state index contributed by atoms with van der Waals surface area (Å²) in [7, 11) is -3.52. The van der Waals surface area contributed by atoms with Crippen LogP contribution in [0.25, 0.3) is 0 Å². The molecule has 0 N–H and O–H groups in total. The third kappa shape index (κ3) is 4.68. The van der Waals surface area contributed by atoms with Crippen LogP contribution in [0.2, 0.25) is 0 Å². The molecule has 132 valence electrons. The molecule has 3 rings (SSSR count). The Morgan fingerprint density at radius 3 is 2.28 bits per heavy atom. The molecule has 1 aliphatic heterocycles. The number of rotatable bonds is 5. The molecule has 1 amide bonds. The van der Waals surface area contributed by atoms with Gasteiger partial charge in [0.05, 0.1) is 11.4 Å². The molecule has 1 saturated heterocycles. The Morgan fingerprint density at radius 2 is 1.64 bits per heavy atom. The highest BCUT2D eigenvalue weighted by Crippen LogP contribution is 2.18. The van der Waals surface area contributed by atoms with Crippen molar-refractivity contribution < 1.29 is 13.2 Å². The zero-order valence-electron chi connectivity index (χ0n) is 13.6. The zero-order chi connectivity index (χ0) is 17.9. The van der Waals surface area contributed by atoms with Crippen LogP contribution in [0.5, 0.6) is 0 Å². The highest BCUT2D eigenvalue weighted by Gasteiger charge is 2.28. The largest absolute Gasteiger partial charge is 0.325 e. The molecule has 2 aromatic carbocycles. The zero-order valence-corrected chi connectivity index (χ0v) is 16.0. The van der Waals surface area contributed by atoms with E-state index in [9.17, 15) is 13.2 Å². The number of halogens is 1. The van der Waals surface area contributed by atoms with Gasteiger partial charge in [0, 0.05) is 24.1 Å². The second kappa shape index (κ2) is 7.68. The molecule has 0 radical (unpaired) electrons. The lowest BCUT2D eigenvalue weighted by atomic mass is 10.2. The number of nitrogens with zero attached hydrogens (tertiary/aromatic N) is 2. The van der Waals surface area contributed by atoms with Gasteiger partial charge < -0.3 is 4.90 Å². The number of carbonyl (C=O) groups excluding carboxylic acids is 1. The third-order valence-corrected chi connectivity index (χ3v) is 6.32. The fraction of sp³-hybridized carbons (Fsp3) is 0.278. The van der Waals surface area contributed by atoms with Crippen LogP contribution in [-0.2, 0) is 21.2 Å². The number of carbonyl (C=O) groups is 1. The van der Waals surface area contributed by atoms with E-state index in [1.54, 1.807) is 24.3 Å². The Morgan fingerprint density at radius 1 is 0.960 bits per heavy atom. The van der Waals surface area contributed by atoms with Gasteiger partial charge in [0.2, 0.25) is 5.91 Å². The van der Waals surface area contributed by atoms with E-state index in [1.165, 1.54) is 4.90 Å². The maximum absolute atomic E-state index is 12.5. The Kier molecular flexibility index (Phi) is 5.56. The molecule has 25 heavy (non-hydrogen) atoms. The molecular weight excluding hydrogens is 404 g/mol. The monoisotopic (exact) mass is 422 g/mol. The second-order valence-electron chi connectivity index (χ2n) is 6.05. The van der Waals surface area contributed by atoms with Crippen LogP contribution in [0.3, 0.4) is 0 Å². The summed E-state index contributed by atoms with van der Waals surface area (Å²) < 4.78 is 25.8. The molecule has 1 aliphatic rings. The van der Waals surface area contributed by atoms with E-state index in [2.05, 4.69) is 15.9 Å². The molecule has 0 aromatic heterocycles. The van der Waals surface area contributed by atoms with E-state index in [1.807, 2.05) is 35.2 Å². The van der Waals surface area contributed by atoms with Crippen molar-refractivity contribution in [3.63, 3.8) is 0 Å². The molecule has 0 aliphatic carbocycles. The van der Waals surface area contributed by atoms with Crippen molar-refractivity contribution in [2.24, 2.45) is 0 Å². The van der Waals surface area contributed by atoms with Crippen LogP contribution < -0.4 is 0 Å². The number of hydrogen-bond donors (Lipinski definition) is 0. The first-order chi connectivity index (χ1) is 11.9. The summed E-state index contributed by atoms with van der Waals surface area (Å²) in [5, 5.41) is 0. The fourth-order valence-electron chi connectivity index (χ4n) is 2.79. The number of piperazine rings is 1. The van der Waals surface area contributed by atoms with Crippen molar-refractivity contribution in [2.45, 2.75) is 11.4 Å². The van der Waals surface area contributed by atoms with Gasteiger partial charge in [-0.1, -0.05) is 46.3 Å². The number of amides is 1. The number of benzene rings is 2. The first-order valence-electron chi connectivity index (χ1n) is 7.96. The number of hydrogen-bond acceptors (Lipinski definition) is 4. The van der Waals surface area contributed by atoms with Gasteiger partial charge >= 0.3 is 0 Å². The Balaban J connectivity index is 1.62. The predicted molar refractivity (Wildman–Crippen MR) is 99.6 cm³/mol. The van der Waals surface area contributed by atoms with E-state index >= 15 is 0 Å². The molecule has 0 atom stereocenters. The maximum atomic E-state index is 12.5. The molecule has 5 nitrogen and oxygen atoms in total.